The fraction of sp³-hybridized carbons (Fsp3) is 0.619. The summed E-state index contributed by atoms with van der Waals surface area (Å²) in [5.74, 6) is 0.626. The second-order valence-corrected chi connectivity index (χ2v) is 8.86. The minimum atomic E-state index is -0.178. The van der Waals surface area contributed by atoms with Crippen LogP contribution < -0.4 is 11.5 Å². The average molecular weight is 406 g/mol. The Morgan fingerprint density at radius 2 is 1.61 bits per heavy atom. The Hall–Kier alpha value is -1.41. The summed E-state index contributed by atoms with van der Waals surface area (Å²) in [5.41, 5.74) is 13.1. The molecular weight excluding hydrogens is 374 g/mol. The predicted octanol–water partition coefficient (Wildman–Crippen LogP) is 2.41. The van der Waals surface area contributed by atoms with Gasteiger partial charge in [-0.3, -0.25) is 14.5 Å². The topological polar surface area (TPSA) is 98.6 Å². The van der Waals surface area contributed by atoms with E-state index < -0.39 is 0 Å². The third-order valence-electron chi connectivity index (χ3n) is 5.50. The van der Waals surface area contributed by atoms with Crippen molar-refractivity contribution in [2.24, 2.45) is 11.5 Å². The lowest BCUT2D eigenvalue weighted by Gasteiger charge is -2.16. The SMILES string of the molecule is N[C@@H]1[C@H](CCCCCOCCCCN2C(=O)c3ccccc3C2=O)SC[C@@H]1N. The fourth-order valence-corrected chi connectivity index (χ4v) is 5.20. The zero-order valence-corrected chi connectivity index (χ0v) is 17.2. The zero-order chi connectivity index (χ0) is 19.9. The summed E-state index contributed by atoms with van der Waals surface area (Å²) in [6.45, 7) is 1.88. The Labute approximate surface area is 171 Å². The molecule has 0 spiro atoms. The van der Waals surface area contributed by atoms with Gasteiger partial charge < -0.3 is 16.2 Å². The summed E-state index contributed by atoms with van der Waals surface area (Å²) >= 11 is 1.91. The predicted molar refractivity (Wildman–Crippen MR) is 113 cm³/mol. The van der Waals surface area contributed by atoms with Crippen molar-refractivity contribution in [3.8, 4) is 0 Å². The van der Waals surface area contributed by atoms with E-state index in [0.717, 1.165) is 44.5 Å². The lowest BCUT2D eigenvalue weighted by molar-refractivity contribution is 0.0642. The van der Waals surface area contributed by atoms with Crippen molar-refractivity contribution in [3.63, 3.8) is 0 Å². The number of rotatable bonds is 11. The fourth-order valence-electron chi connectivity index (χ4n) is 3.75. The second kappa shape index (κ2) is 10.4. The molecule has 1 fully saturated rings. The van der Waals surface area contributed by atoms with Gasteiger partial charge in [0.2, 0.25) is 0 Å². The Balaban J connectivity index is 1.19. The van der Waals surface area contributed by atoms with Crippen LogP contribution in [0.5, 0.6) is 0 Å². The molecule has 0 aromatic heterocycles. The molecule has 1 aromatic rings. The number of nitrogens with zero attached hydrogens (tertiary/aromatic N) is 1. The lowest BCUT2D eigenvalue weighted by Crippen LogP contribution is -2.43. The molecule has 154 valence electrons. The van der Waals surface area contributed by atoms with E-state index in [2.05, 4.69) is 0 Å². The molecule has 2 aliphatic heterocycles. The number of carbonyl (C=O) groups excluding carboxylic acids is 2. The number of fused-ring (bicyclic) bond motifs is 1. The molecule has 1 aromatic carbocycles. The van der Waals surface area contributed by atoms with Crippen molar-refractivity contribution < 1.29 is 14.3 Å². The van der Waals surface area contributed by atoms with Crippen LogP contribution in [0.3, 0.4) is 0 Å². The minimum absolute atomic E-state index is 0.142. The smallest absolute Gasteiger partial charge is 0.261 e. The molecule has 0 bridgehead atoms. The number of nitrogens with two attached hydrogens (primary N) is 2. The first-order valence-electron chi connectivity index (χ1n) is 10.3. The monoisotopic (exact) mass is 405 g/mol. The molecule has 0 unspecified atom stereocenters. The molecule has 2 heterocycles. The van der Waals surface area contributed by atoms with Gasteiger partial charge >= 0.3 is 0 Å². The van der Waals surface area contributed by atoms with Crippen molar-refractivity contribution in [2.45, 2.75) is 55.9 Å². The number of hydrogen-bond donors (Lipinski definition) is 2. The van der Waals surface area contributed by atoms with Crippen molar-refractivity contribution in [1.29, 1.82) is 0 Å². The maximum absolute atomic E-state index is 12.3. The van der Waals surface area contributed by atoms with Crippen LogP contribution in [0.25, 0.3) is 0 Å². The summed E-state index contributed by atoms with van der Waals surface area (Å²) < 4.78 is 5.69. The van der Waals surface area contributed by atoms with Crippen LogP contribution in [0, 0.1) is 0 Å². The Morgan fingerprint density at radius 3 is 2.21 bits per heavy atom. The first-order valence-corrected chi connectivity index (χ1v) is 11.3. The van der Waals surface area contributed by atoms with Gasteiger partial charge in [0.15, 0.2) is 0 Å². The molecular formula is C21H31N3O3S. The molecule has 0 aliphatic carbocycles. The number of imide groups is 1. The van der Waals surface area contributed by atoms with Gasteiger partial charge in [-0.2, -0.15) is 11.8 Å². The lowest BCUT2D eigenvalue weighted by atomic mass is 10.0. The van der Waals surface area contributed by atoms with Crippen LogP contribution >= 0.6 is 11.8 Å². The highest BCUT2D eigenvalue weighted by atomic mass is 32.2. The highest BCUT2D eigenvalue weighted by molar-refractivity contribution is 8.00. The van der Waals surface area contributed by atoms with Gasteiger partial charge in [0, 0.05) is 42.8 Å². The van der Waals surface area contributed by atoms with E-state index in [4.69, 9.17) is 16.2 Å². The quantitative estimate of drug-likeness (QED) is 0.433. The number of thioether (sulfide) groups is 1. The Bertz CT molecular complexity index is 650. The molecule has 6 nitrogen and oxygen atoms in total. The number of ether oxygens (including phenoxy) is 1. The van der Waals surface area contributed by atoms with Gasteiger partial charge in [0.05, 0.1) is 11.1 Å². The third-order valence-corrected chi connectivity index (χ3v) is 7.06. The summed E-state index contributed by atoms with van der Waals surface area (Å²) in [7, 11) is 0. The molecule has 2 amide bonds. The molecule has 2 aliphatic rings. The van der Waals surface area contributed by atoms with E-state index in [-0.39, 0.29) is 23.9 Å². The van der Waals surface area contributed by atoms with Gasteiger partial charge in [-0.25, -0.2) is 0 Å². The maximum Gasteiger partial charge on any atom is 0.261 e. The van der Waals surface area contributed by atoms with Gasteiger partial charge in [0.25, 0.3) is 11.8 Å². The van der Waals surface area contributed by atoms with E-state index >= 15 is 0 Å². The number of amides is 2. The van der Waals surface area contributed by atoms with E-state index in [9.17, 15) is 9.59 Å². The summed E-state index contributed by atoms with van der Waals surface area (Å²) in [4.78, 5) is 25.9. The highest BCUT2D eigenvalue weighted by Gasteiger charge is 2.34. The van der Waals surface area contributed by atoms with Crippen LogP contribution in [0.1, 0.15) is 59.2 Å². The van der Waals surface area contributed by atoms with E-state index in [0.29, 0.717) is 29.5 Å². The molecule has 28 heavy (non-hydrogen) atoms. The first kappa shape index (κ1) is 21.3. The largest absolute Gasteiger partial charge is 0.381 e. The average Bonchev–Trinajstić information content (AvgIpc) is 3.15. The number of benzene rings is 1. The Kier molecular flexibility index (Phi) is 7.91. The zero-order valence-electron chi connectivity index (χ0n) is 16.3. The molecule has 3 rings (SSSR count). The standard InChI is InChI=1S/C21H31N3O3S/c22-17-14-28-18(19(17)23)10-2-1-6-12-27-13-7-5-11-24-20(25)15-8-3-4-9-16(15)21(24)26/h3-4,8-9,17-19H,1-2,5-7,10-14,22-23H2/t17-,18-,19-/m0/s1. The van der Waals surface area contributed by atoms with Crippen molar-refractivity contribution in [3.05, 3.63) is 35.4 Å². The first-order chi connectivity index (χ1) is 13.6. The highest BCUT2D eigenvalue weighted by Crippen LogP contribution is 2.29. The van der Waals surface area contributed by atoms with Crippen molar-refractivity contribution in [2.75, 3.05) is 25.5 Å². The van der Waals surface area contributed by atoms with E-state index in [1.807, 2.05) is 11.8 Å². The molecule has 7 heteroatoms. The number of carbonyl (C=O) groups is 2. The molecule has 0 radical (unpaired) electrons. The van der Waals surface area contributed by atoms with Gasteiger partial charge in [0.1, 0.15) is 0 Å². The second-order valence-electron chi connectivity index (χ2n) is 7.59. The Morgan fingerprint density at radius 1 is 0.964 bits per heavy atom. The van der Waals surface area contributed by atoms with Gasteiger partial charge in [-0.05, 0) is 37.8 Å². The van der Waals surface area contributed by atoms with Crippen molar-refractivity contribution >= 4 is 23.6 Å². The van der Waals surface area contributed by atoms with Crippen LogP contribution in [0.4, 0.5) is 0 Å². The third kappa shape index (κ3) is 5.14. The van der Waals surface area contributed by atoms with Crippen LogP contribution in [-0.2, 0) is 4.74 Å². The van der Waals surface area contributed by atoms with Gasteiger partial charge in [-0.1, -0.05) is 25.0 Å². The van der Waals surface area contributed by atoms with Crippen LogP contribution in [0.15, 0.2) is 24.3 Å². The molecule has 4 N–H and O–H groups in total. The number of hydrogen-bond acceptors (Lipinski definition) is 6. The summed E-state index contributed by atoms with van der Waals surface area (Å²) in [5, 5.41) is 0.512. The minimum Gasteiger partial charge on any atom is -0.381 e. The molecule has 0 saturated carbocycles. The van der Waals surface area contributed by atoms with Crippen LogP contribution in [0.2, 0.25) is 0 Å². The van der Waals surface area contributed by atoms with Gasteiger partial charge in [-0.15, -0.1) is 0 Å². The summed E-state index contributed by atoms with van der Waals surface area (Å²) in [6.07, 6.45) is 6.12. The van der Waals surface area contributed by atoms with E-state index in [1.165, 1.54) is 11.3 Å². The molecule has 1 saturated heterocycles. The molecule has 3 atom stereocenters. The maximum atomic E-state index is 12.3. The number of unbranched alkanes of at least 4 members (excludes halogenated alkanes) is 3. The van der Waals surface area contributed by atoms with Crippen molar-refractivity contribution in [1.82, 2.24) is 4.90 Å². The van der Waals surface area contributed by atoms with E-state index in [1.54, 1.807) is 24.3 Å². The normalized spacial score (nSPS) is 24.2. The van der Waals surface area contributed by atoms with Crippen LogP contribution in [-0.4, -0.2) is 59.6 Å². The summed E-state index contributed by atoms with van der Waals surface area (Å²) in [6, 6.07) is 7.30.